The summed E-state index contributed by atoms with van der Waals surface area (Å²) in [4.78, 5) is 14.3. The number of nitrogens with one attached hydrogen (secondary N) is 1. The van der Waals surface area contributed by atoms with E-state index in [0.29, 0.717) is 5.92 Å². The Kier molecular flexibility index (Phi) is 5.44. The lowest BCUT2D eigenvalue weighted by Gasteiger charge is -2.33. The highest BCUT2D eigenvalue weighted by molar-refractivity contribution is 5.85. The number of carbonyl (C=O) groups is 1. The molecule has 2 saturated carbocycles. The van der Waals surface area contributed by atoms with E-state index in [9.17, 15) is 4.79 Å². The third-order valence-corrected chi connectivity index (χ3v) is 5.61. The van der Waals surface area contributed by atoms with E-state index in [1.165, 1.54) is 32.2 Å². The zero-order valence-electron chi connectivity index (χ0n) is 13.2. The average molecular weight is 281 g/mol. The van der Waals surface area contributed by atoms with Crippen LogP contribution in [0.25, 0.3) is 0 Å². The van der Waals surface area contributed by atoms with Crippen LogP contribution in [0.1, 0.15) is 51.4 Å². The molecule has 0 aromatic rings. The lowest BCUT2D eigenvalue weighted by atomic mass is 9.84. The van der Waals surface area contributed by atoms with Crippen molar-refractivity contribution in [1.82, 2.24) is 10.2 Å². The van der Waals surface area contributed by atoms with Crippen molar-refractivity contribution in [2.45, 2.75) is 56.9 Å². The summed E-state index contributed by atoms with van der Waals surface area (Å²) < 4.78 is 0. The summed E-state index contributed by atoms with van der Waals surface area (Å²) in [5, 5.41) is 3.23. The topological polar surface area (TPSA) is 58.4 Å². The van der Waals surface area contributed by atoms with Gasteiger partial charge in [-0.2, -0.15) is 0 Å². The first-order chi connectivity index (χ1) is 9.58. The fraction of sp³-hybridized carbons (Fsp3) is 0.938. The molecule has 0 radical (unpaired) electrons. The second-order valence-corrected chi connectivity index (χ2v) is 6.88. The van der Waals surface area contributed by atoms with Crippen molar-refractivity contribution in [1.29, 1.82) is 0 Å². The minimum Gasteiger partial charge on any atom is -0.368 e. The van der Waals surface area contributed by atoms with Gasteiger partial charge in [-0.3, -0.25) is 4.79 Å². The molecule has 3 N–H and O–H groups in total. The van der Waals surface area contributed by atoms with Crippen molar-refractivity contribution in [2.75, 3.05) is 27.2 Å². The average Bonchev–Trinajstić information content (AvgIpc) is 3.05. The van der Waals surface area contributed by atoms with Crippen molar-refractivity contribution < 1.29 is 4.79 Å². The van der Waals surface area contributed by atoms with E-state index in [4.69, 9.17) is 5.73 Å². The Labute approximate surface area is 123 Å². The smallest absolute Gasteiger partial charge is 0.238 e. The Bertz CT molecular complexity index is 328. The molecular formula is C16H31N3O. The molecule has 1 amide bonds. The molecule has 0 heterocycles. The molecule has 0 spiro atoms. The molecule has 2 atom stereocenters. The van der Waals surface area contributed by atoms with Crippen LogP contribution in [0, 0.1) is 11.8 Å². The second kappa shape index (κ2) is 6.90. The van der Waals surface area contributed by atoms with Crippen LogP contribution in [0.5, 0.6) is 0 Å². The van der Waals surface area contributed by atoms with Crippen LogP contribution in [0.4, 0.5) is 0 Å². The van der Waals surface area contributed by atoms with Crippen molar-refractivity contribution in [3.05, 3.63) is 0 Å². The summed E-state index contributed by atoms with van der Waals surface area (Å²) in [5.41, 5.74) is 5.21. The van der Waals surface area contributed by atoms with Crippen LogP contribution in [-0.4, -0.2) is 43.5 Å². The molecule has 2 aliphatic rings. The maximum Gasteiger partial charge on any atom is 0.238 e. The van der Waals surface area contributed by atoms with E-state index in [2.05, 4.69) is 17.3 Å². The van der Waals surface area contributed by atoms with Crippen LogP contribution >= 0.6 is 0 Å². The molecule has 0 aromatic carbocycles. The summed E-state index contributed by atoms with van der Waals surface area (Å²) in [6, 6.07) is 0. The van der Waals surface area contributed by atoms with Gasteiger partial charge < -0.3 is 16.0 Å². The molecule has 116 valence electrons. The van der Waals surface area contributed by atoms with Gasteiger partial charge in [-0.05, 0) is 64.6 Å². The third kappa shape index (κ3) is 3.34. The van der Waals surface area contributed by atoms with Gasteiger partial charge in [0.2, 0.25) is 5.91 Å². The Morgan fingerprint density at radius 3 is 2.60 bits per heavy atom. The number of likely N-dealkylation sites (N-methyl/N-ethyl adjacent to an activating group) is 1. The molecular weight excluding hydrogens is 250 g/mol. The number of rotatable bonds is 7. The molecule has 2 rings (SSSR count). The number of hydrogen-bond donors (Lipinski definition) is 2. The summed E-state index contributed by atoms with van der Waals surface area (Å²) in [5.74, 6) is 1.13. The third-order valence-electron chi connectivity index (χ3n) is 5.61. The van der Waals surface area contributed by atoms with E-state index >= 15 is 0 Å². The lowest BCUT2D eigenvalue weighted by molar-refractivity contribution is -0.125. The Hall–Kier alpha value is -0.610. The van der Waals surface area contributed by atoms with Gasteiger partial charge >= 0.3 is 0 Å². The van der Waals surface area contributed by atoms with Gasteiger partial charge in [0.05, 0.1) is 0 Å². The highest BCUT2D eigenvalue weighted by Crippen LogP contribution is 2.37. The van der Waals surface area contributed by atoms with E-state index in [1.54, 1.807) is 0 Å². The van der Waals surface area contributed by atoms with Crippen molar-refractivity contribution in [3.8, 4) is 0 Å². The molecule has 0 saturated heterocycles. The molecule has 2 fully saturated rings. The number of nitrogens with two attached hydrogens (primary N) is 1. The summed E-state index contributed by atoms with van der Waals surface area (Å²) in [7, 11) is 4.10. The number of hydrogen-bond acceptors (Lipinski definition) is 3. The van der Waals surface area contributed by atoms with Gasteiger partial charge in [-0.25, -0.2) is 0 Å². The zero-order chi connectivity index (χ0) is 14.6. The standard InChI is InChI=1S/C16H31N3O/c1-18-16(15(17)20)10-5-8-14(16)9-11-19(2)12-13-6-3-4-7-13/h13-14,18H,3-12H2,1-2H3,(H2,17,20). The number of primary amides is 1. The number of nitrogens with zero attached hydrogens (tertiary/aromatic N) is 1. The van der Waals surface area contributed by atoms with E-state index in [0.717, 1.165) is 38.1 Å². The van der Waals surface area contributed by atoms with E-state index in [1.807, 2.05) is 7.05 Å². The molecule has 0 bridgehead atoms. The Balaban J connectivity index is 1.81. The number of amides is 1. The molecule has 0 aliphatic heterocycles. The van der Waals surface area contributed by atoms with Gasteiger partial charge in [0, 0.05) is 6.54 Å². The quantitative estimate of drug-likeness (QED) is 0.747. The van der Waals surface area contributed by atoms with Gasteiger partial charge in [-0.15, -0.1) is 0 Å². The minimum absolute atomic E-state index is 0.166. The maximum absolute atomic E-state index is 11.8. The Morgan fingerprint density at radius 1 is 1.30 bits per heavy atom. The highest BCUT2D eigenvalue weighted by Gasteiger charge is 2.46. The molecule has 2 aliphatic carbocycles. The molecule has 2 unspecified atom stereocenters. The van der Waals surface area contributed by atoms with Crippen LogP contribution < -0.4 is 11.1 Å². The normalized spacial score (nSPS) is 31.2. The largest absolute Gasteiger partial charge is 0.368 e. The fourth-order valence-electron chi connectivity index (χ4n) is 4.35. The first-order valence-electron chi connectivity index (χ1n) is 8.26. The van der Waals surface area contributed by atoms with Gasteiger partial charge in [-0.1, -0.05) is 19.3 Å². The minimum atomic E-state index is -0.450. The summed E-state index contributed by atoms with van der Waals surface area (Å²) in [6.07, 6.45) is 9.83. The molecule has 0 aromatic heterocycles. The monoisotopic (exact) mass is 281 g/mol. The lowest BCUT2D eigenvalue weighted by Crippen LogP contribution is -2.56. The molecule has 4 heteroatoms. The fourth-order valence-corrected chi connectivity index (χ4v) is 4.35. The van der Waals surface area contributed by atoms with Gasteiger partial charge in [0.15, 0.2) is 0 Å². The molecule has 20 heavy (non-hydrogen) atoms. The van der Waals surface area contributed by atoms with Crippen molar-refractivity contribution >= 4 is 5.91 Å². The predicted octanol–water partition coefficient (Wildman–Crippen LogP) is 1.74. The van der Waals surface area contributed by atoms with Crippen LogP contribution in [-0.2, 0) is 4.79 Å². The predicted molar refractivity (Wildman–Crippen MR) is 82.4 cm³/mol. The first kappa shape index (κ1) is 15.8. The SMILES string of the molecule is CNC1(C(N)=O)CCCC1CCN(C)CC1CCCC1. The Morgan fingerprint density at radius 2 is 2.00 bits per heavy atom. The van der Waals surface area contributed by atoms with Crippen molar-refractivity contribution in [2.24, 2.45) is 17.6 Å². The maximum atomic E-state index is 11.8. The van der Waals surface area contributed by atoms with Gasteiger partial charge in [0.1, 0.15) is 5.54 Å². The second-order valence-electron chi connectivity index (χ2n) is 6.88. The van der Waals surface area contributed by atoms with E-state index in [-0.39, 0.29) is 5.91 Å². The highest BCUT2D eigenvalue weighted by atomic mass is 16.1. The number of carbonyl (C=O) groups excluding carboxylic acids is 1. The van der Waals surface area contributed by atoms with Crippen LogP contribution in [0.3, 0.4) is 0 Å². The van der Waals surface area contributed by atoms with Gasteiger partial charge in [0.25, 0.3) is 0 Å². The summed E-state index contributed by atoms with van der Waals surface area (Å²) in [6.45, 7) is 2.30. The van der Waals surface area contributed by atoms with Crippen LogP contribution in [0.2, 0.25) is 0 Å². The van der Waals surface area contributed by atoms with Crippen molar-refractivity contribution in [3.63, 3.8) is 0 Å². The van der Waals surface area contributed by atoms with E-state index < -0.39 is 5.54 Å². The summed E-state index contributed by atoms with van der Waals surface area (Å²) >= 11 is 0. The molecule has 4 nitrogen and oxygen atoms in total. The first-order valence-corrected chi connectivity index (χ1v) is 8.26. The zero-order valence-corrected chi connectivity index (χ0v) is 13.2. The van der Waals surface area contributed by atoms with Crippen LogP contribution in [0.15, 0.2) is 0 Å².